The van der Waals surface area contributed by atoms with Gasteiger partial charge in [0, 0.05) is 31.1 Å². The molecule has 2 N–H and O–H groups in total. The highest BCUT2D eigenvalue weighted by Gasteiger charge is 2.46. The molecule has 2 aromatic rings. The van der Waals surface area contributed by atoms with E-state index in [1.807, 2.05) is 0 Å². The molecule has 3 aliphatic heterocycles. The number of piperidine rings is 1. The number of aromatic nitrogens is 2. The minimum absolute atomic E-state index is 0.0301. The third kappa shape index (κ3) is 6.48. The number of halogens is 1. The van der Waals surface area contributed by atoms with Crippen LogP contribution in [0.4, 0.5) is 10.2 Å². The van der Waals surface area contributed by atoms with Crippen LogP contribution in [0.2, 0.25) is 0 Å². The third-order valence-electron chi connectivity index (χ3n) is 7.88. The highest BCUT2D eigenvalue weighted by Crippen LogP contribution is 2.45. The van der Waals surface area contributed by atoms with E-state index in [1.165, 1.54) is 18.6 Å². The van der Waals surface area contributed by atoms with Crippen molar-refractivity contribution in [1.29, 1.82) is 0 Å². The molecule has 2 atom stereocenters. The van der Waals surface area contributed by atoms with Crippen LogP contribution in [0.25, 0.3) is 0 Å². The first-order valence-corrected chi connectivity index (χ1v) is 14.9. The van der Waals surface area contributed by atoms with Crippen LogP contribution in [0.3, 0.4) is 0 Å². The normalized spacial score (nSPS) is 23.4. The quantitative estimate of drug-likeness (QED) is 0.469. The number of carboxylic acid groups (broad SMARTS) is 1. The van der Waals surface area contributed by atoms with Gasteiger partial charge in [-0.05, 0) is 63.9 Å². The summed E-state index contributed by atoms with van der Waals surface area (Å²) in [6, 6.07) is 3.23. The Bertz CT molecular complexity index is 1290. The van der Waals surface area contributed by atoms with Crippen molar-refractivity contribution in [2.45, 2.75) is 44.8 Å². The molecule has 1 unspecified atom stereocenters. The number of benzene rings is 1. The second-order valence-electron chi connectivity index (χ2n) is 10.7. The van der Waals surface area contributed by atoms with Gasteiger partial charge >= 0.3 is 5.97 Å². The van der Waals surface area contributed by atoms with E-state index in [0.29, 0.717) is 18.2 Å². The lowest BCUT2D eigenvalue weighted by Gasteiger charge is -2.54. The summed E-state index contributed by atoms with van der Waals surface area (Å²) in [6.07, 6.45) is 6.73. The molecule has 3 aliphatic rings. The largest absolute Gasteiger partial charge is 0.478 e. The van der Waals surface area contributed by atoms with Crippen molar-refractivity contribution in [3.8, 4) is 11.5 Å². The Morgan fingerprint density at radius 1 is 1.26 bits per heavy atom. The van der Waals surface area contributed by atoms with E-state index in [-0.39, 0.29) is 34.6 Å². The molecular weight excluding hydrogens is 529 g/mol. The van der Waals surface area contributed by atoms with Gasteiger partial charge in [-0.3, -0.25) is 0 Å². The number of aromatic carboxylic acids is 1. The summed E-state index contributed by atoms with van der Waals surface area (Å²) in [5.41, 5.74) is -0.0883. The fraction of sp³-hybridized carbons (Fsp3) is 0.577. The van der Waals surface area contributed by atoms with Gasteiger partial charge in [0.25, 0.3) is 0 Å². The first-order chi connectivity index (χ1) is 18.7. The number of hydrogen-bond donors (Lipinski definition) is 2. The van der Waals surface area contributed by atoms with Crippen molar-refractivity contribution in [3.63, 3.8) is 0 Å². The number of likely N-dealkylation sites (tertiary alicyclic amines) is 1. The fourth-order valence-electron chi connectivity index (χ4n) is 5.60. The molecule has 1 aromatic heterocycles. The molecule has 13 heteroatoms. The molecule has 0 amide bonds. The Labute approximate surface area is 227 Å². The van der Waals surface area contributed by atoms with E-state index in [9.17, 15) is 22.7 Å². The standard InChI is InChI=1S/C26H34FN5O6S/c1-2-39(35,36)30-19-4-5-20(37-14-19)13-31-9-7-26(8-10-31)15-32(16-26)24-23(12-28-17-29-24)38-22-6-3-18(27)11-21(22)25(33)34/h3,6,11-12,17,19-20,30H,2,4-5,7-10,13-16H2,1H3,(H,33,34)/t19?,20-/m0/s1. The van der Waals surface area contributed by atoms with Crippen molar-refractivity contribution in [2.75, 3.05) is 50.0 Å². The van der Waals surface area contributed by atoms with Crippen molar-refractivity contribution in [1.82, 2.24) is 19.6 Å². The summed E-state index contributed by atoms with van der Waals surface area (Å²) in [5.74, 6) is -0.917. The summed E-state index contributed by atoms with van der Waals surface area (Å²) in [6.45, 7) is 6.43. The van der Waals surface area contributed by atoms with E-state index in [1.54, 1.807) is 6.92 Å². The Balaban J connectivity index is 1.12. The molecule has 212 valence electrons. The maximum Gasteiger partial charge on any atom is 0.339 e. The van der Waals surface area contributed by atoms with Gasteiger partial charge in [0.1, 0.15) is 23.5 Å². The number of carbonyl (C=O) groups is 1. The number of carboxylic acids is 1. The first-order valence-electron chi connectivity index (χ1n) is 13.2. The van der Waals surface area contributed by atoms with Crippen LogP contribution in [0.5, 0.6) is 11.5 Å². The van der Waals surface area contributed by atoms with Gasteiger partial charge in [-0.1, -0.05) is 0 Å². The SMILES string of the molecule is CCS(=O)(=O)NC1CC[C@@H](CN2CCC3(CC2)CN(c2ncncc2Oc2ccc(F)cc2C(=O)O)C3)OC1. The molecule has 0 saturated carbocycles. The van der Waals surface area contributed by atoms with Crippen LogP contribution in [0, 0.1) is 11.2 Å². The number of anilines is 1. The predicted molar refractivity (Wildman–Crippen MR) is 141 cm³/mol. The minimum atomic E-state index is -3.22. The molecule has 0 aliphatic carbocycles. The number of ether oxygens (including phenoxy) is 2. The Kier molecular flexibility index (Phi) is 8.04. The zero-order valence-electron chi connectivity index (χ0n) is 21.9. The van der Waals surface area contributed by atoms with E-state index >= 15 is 0 Å². The van der Waals surface area contributed by atoms with Gasteiger partial charge in [0.15, 0.2) is 11.6 Å². The van der Waals surface area contributed by atoms with Gasteiger partial charge < -0.3 is 24.4 Å². The van der Waals surface area contributed by atoms with Crippen molar-refractivity contribution in [3.05, 3.63) is 42.1 Å². The smallest absolute Gasteiger partial charge is 0.339 e. The van der Waals surface area contributed by atoms with Gasteiger partial charge in [0.2, 0.25) is 10.0 Å². The molecule has 11 nitrogen and oxygen atoms in total. The number of nitrogens with zero attached hydrogens (tertiary/aromatic N) is 4. The van der Waals surface area contributed by atoms with Crippen LogP contribution in [0.15, 0.2) is 30.7 Å². The van der Waals surface area contributed by atoms with E-state index in [4.69, 9.17) is 9.47 Å². The number of hydrogen-bond acceptors (Lipinski definition) is 9. The van der Waals surface area contributed by atoms with Crippen LogP contribution in [-0.4, -0.2) is 91.6 Å². The molecule has 1 spiro atoms. The summed E-state index contributed by atoms with van der Waals surface area (Å²) < 4.78 is 51.7. The van der Waals surface area contributed by atoms with Crippen LogP contribution < -0.4 is 14.4 Å². The lowest BCUT2D eigenvalue weighted by molar-refractivity contribution is -0.0299. The van der Waals surface area contributed by atoms with Gasteiger partial charge in [-0.15, -0.1) is 0 Å². The molecule has 5 rings (SSSR count). The maximum absolute atomic E-state index is 13.6. The van der Waals surface area contributed by atoms with Crippen LogP contribution in [0.1, 0.15) is 43.0 Å². The summed E-state index contributed by atoms with van der Waals surface area (Å²) in [4.78, 5) is 24.5. The number of sulfonamides is 1. The fourth-order valence-corrected chi connectivity index (χ4v) is 6.46. The second-order valence-corrected chi connectivity index (χ2v) is 12.7. The minimum Gasteiger partial charge on any atom is -0.478 e. The van der Waals surface area contributed by atoms with E-state index in [2.05, 4.69) is 24.5 Å². The first kappa shape index (κ1) is 27.7. The van der Waals surface area contributed by atoms with Crippen molar-refractivity contribution in [2.24, 2.45) is 5.41 Å². The predicted octanol–water partition coefficient (Wildman–Crippen LogP) is 2.50. The average molecular weight is 564 g/mol. The Morgan fingerprint density at radius 2 is 2.03 bits per heavy atom. The Hall–Kier alpha value is -2.87. The summed E-state index contributed by atoms with van der Waals surface area (Å²) in [5, 5.41) is 9.43. The zero-order valence-corrected chi connectivity index (χ0v) is 22.7. The molecule has 0 bridgehead atoms. The monoisotopic (exact) mass is 563 g/mol. The summed E-state index contributed by atoms with van der Waals surface area (Å²) in [7, 11) is -3.22. The Morgan fingerprint density at radius 3 is 2.69 bits per heavy atom. The second kappa shape index (κ2) is 11.3. The maximum atomic E-state index is 13.6. The molecule has 1 aromatic carbocycles. The van der Waals surface area contributed by atoms with E-state index < -0.39 is 21.8 Å². The van der Waals surface area contributed by atoms with Crippen LogP contribution >= 0.6 is 0 Å². The third-order valence-corrected chi connectivity index (χ3v) is 9.33. The van der Waals surface area contributed by atoms with Gasteiger partial charge in [0.05, 0.1) is 24.7 Å². The molecule has 4 heterocycles. The molecule has 3 fully saturated rings. The van der Waals surface area contributed by atoms with Gasteiger partial charge in [-0.2, -0.15) is 0 Å². The molecule has 3 saturated heterocycles. The zero-order chi connectivity index (χ0) is 27.6. The molecule has 39 heavy (non-hydrogen) atoms. The lowest BCUT2D eigenvalue weighted by atomic mass is 9.72. The topological polar surface area (TPSA) is 134 Å². The summed E-state index contributed by atoms with van der Waals surface area (Å²) >= 11 is 0. The highest BCUT2D eigenvalue weighted by molar-refractivity contribution is 7.89. The highest BCUT2D eigenvalue weighted by atomic mass is 32.2. The van der Waals surface area contributed by atoms with E-state index in [0.717, 1.165) is 70.5 Å². The average Bonchev–Trinajstić information content (AvgIpc) is 2.90. The molecular formula is C26H34FN5O6S. The van der Waals surface area contributed by atoms with Crippen molar-refractivity contribution < 1.29 is 32.2 Å². The van der Waals surface area contributed by atoms with Gasteiger partial charge in [-0.25, -0.2) is 32.3 Å². The molecule has 0 radical (unpaired) electrons. The van der Waals surface area contributed by atoms with Crippen LogP contribution in [-0.2, 0) is 14.8 Å². The number of nitrogens with one attached hydrogen (secondary N) is 1. The number of rotatable bonds is 9. The lowest BCUT2D eigenvalue weighted by Crippen LogP contribution is -2.61. The van der Waals surface area contributed by atoms with Crippen molar-refractivity contribution >= 4 is 21.8 Å².